The molecule has 0 fully saturated rings. The third-order valence-electron chi connectivity index (χ3n) is 5.19. The van der Waals surface area contributed by atoms with E-state index >= 15 is 0 Å². The summed E-state index contributed by atoms with van der Waals surface area (Å²) in [7, 11) is 0. The smallest absolute Gasteiger partial charge is 0.349 e. The fraction of sp³-hybridized carbons (Fsp3) is 0.0400. The minimum absolute atomic E-state index is 0.102. The van der Waals surface area contributed by atoms with Crippen LogP contribution in [-0.4, -0.2) is 15.5 Å². The molecule has 0 radical (unpaired) electrons. The Kier molecular flexibility index (Phi) is 4.63. The highest BCUT2D eigenvalue weighted by Crippen LogP contribution is 2.18. The van der Waals surface area contributed by atoms with E-state index in [0.717, 1.165) is 0 Å². The zero-order valence-electron chi connectivity index (χ0n) is 17.0. The summed E-state index contributed by atoms with van der Waals surface area (Å²) < 4.78 is 6.74. The fourth-order valence-electron chi connectivity index (χ4n) is 3.69. The van der Waals surface area contributed by atoms with E-state index in [1.54, 1.807) is 73.7 Å². The van der Waals surface area contributed by atoms with Crippen LogP contribution in [0, 0.1) is 6.92 Å². The molecule has 0 aliphatic carbocycles. The van der Waals surface area contributed by atoms with Crippen LogP contribution in [0.4, 0.5) is 5.69 Å². The molecule has 32 heavy (non-hydrogen) atoms. The van der Waals surface area contributed by atoms with E-state index in [-0.39, 0.29) is 11.1 Å². The van der Waals surface area contributed by atoms with Crippen LogP contribution in [0.3, 0.4) is 0 Å². The molecule has 2 heterocycles. The summed E-state index contributed by atoms with van der Waals surface area (Å²) in [6, 6.07) is 22.4. The first-order chi connectivity index (χ1) is 15.5. The maximum atomic E-state index is 13.1. The predicted molar refractivity (Wildman–Crippen MR) is 123 cm³/mol. The lowest BCUT2D eigenvalue weighted by atomic mass is 10.1. The van der Waals surface area contributed by atoms with Crippen molar-refractivity contribution in [3.05, 3.63) is 111 Å². The fourth-order valence-corrected chi connectivity index (χ4v) is 3.69. The summed E-state index contributed by atoms with van der Waals surface area (Å²) in [4.78, 5) is 42.6. The molecule has 1 amide bonds. The van der Waals surface area contributed by atoms with Crippen LogP contribution >= 0.6 is 0 Å². The van der Waals surface area contributed by atoms with E-state index in [1.807, 2.05) is 6.07 Å². The number of benzene rings is 3. The molecule has 5 aromatic rings. The molecule has 1 N–H and O–H groups in total. The highest BCUT2D eigenvalue weighted by molar-refractivity contribution is 6.05. The lowest BCUT2D eigenvalue weighted by Gasteiger charge is -2.12. The van der Waals surface area contributed by atoms with Crippen LogP contribution in [0.1, 0.15) is 16.2 Å². The van der Waals surface area contributed by atoms with E-state index in [0.29, 0.717) is 39.1 Å². The van der Waals surface area contributed by atoms with Gasteiger partial charge >= 0.3 is 5.63 Å². The molecule has 0 bridgehead atoms. The van der Waals surface area contributed by atoms with Crippen LogP contribution < -0.4 is 16.5 Å². The molecule has 0 atom stereocenters. The molecule has 2 aromatic heterocycles. The Bertz CT molecular complexity index is 1630. The summed E-state index contributed by atoms with van der Waals surface area (Å²) >= 11 is 0. The molecule has 0 saturated heterocycles. The van der Waals surface area contributed by atoms with E-state index in [2.05, 4.69) is 10.3 Å². The molecule has 0 unspecified atom stereocenters. The molecule has 7 nitrogen and oxygen atoms in total. The number of nitrogens with one attached hydrogen (secondary N) is 1. The minimum Gasteiger partial charge on any atom is -0.422 e. The molecular weight excluding hydrogens is 406 g/mol. The van der Waals surface area contributed by atoms with Crippen LogP contribution in [0.2, 0.25) is 0 Å². The topological polar surface area (TPSA) is 94.2 Å². The number of carbonyl (C=O) groups excluding carboxylic acids is 1. The van der Waals surface area contributed by atoms with Gasteiger partial charge in [0.15, 0.2) is 0 Å². The van der Waals surface area contributed by atoms with Crippen molar-refractivity contribution in [3.63, 3.8) is 0 Å². The first-order valence-corrected chi connectivity index (χ1v) is 9.94. The van der Waals surface area contributed by atoms with Crippen molar-refractivity contribution in [1.29, 1.82) is 0 Å². The van der Waals surface area contributed by atoms with Gasteiger partial charge in [-0.15, -0.1) is 0 Å². The molecule has 3 aromatic carbocycles. The van der Waals surface area contributed by atoms with E-state index in [9.17, 15) is 14.4 Å². The lowest BCUT2D eigenvalue weighted by Crippen LogP contribution is -2.23. The standard InChI is InChI=1S/C25H17N3O4/c1-15-26-21-11-4-3-10-19(21)24(30)28(15)18-9-6-8-17(14-18)27-23(29)20-13-16-7-2-5-12-22(16)32-25(20)31/h2-14H,1H3,(H,27,29). The van der Waals surface area contributed by atoms with Crippen molar-refractivity contribution in [3.8, 4) is 5.69 Å². The minimum atomic E-state index is -0.719. The van der Waals surface area contributed by atoms with Gasteiger partial charge in [0.05, 0.1) is 16.6 Å². The van der Waals surface area contributed by atoms with Gasteiger partial charge in [-0.3, -0.25) is 14.2 Å². The average Bonchev–Trinajstić information content (AvgIpc) is 2.79. The second kappa shape index (κ2) is 7.63. The van der Waals surface area contributed by atoms with E-state index < -0.39 is 11.5 Å². The number of fused-ring (bicyclic) bond motifs is 2. The normalized spacial score (nSPS) is 11.0. The Hall–Kier alpha value is -4.52. The molecule has 0 spiro atoms. The quantitative estimate of drug-likeness (QED) is 0.442. The summed E-state index contributed by atoms with van der Waals surface area (Å²) in [5, 5.41) is 3.87. The Balaban J connectivity index is 1.53. The highest BCUT2D eigenvalue weighted by Gasteiger charge is 2.15. The van der Waals surface area contributed by atoms with Crippen molar-refractivity contribution in [1.82, 2.24) is 9.55 Å². The van der Waals surface area contributed by atoms with Gasteiger partial charge in [0, 0.05) is 11.1 Å². The van der Waals surface area contributed by atoms with Gasteiger partial charge in [-0.1, -0.05) is 36.4 Å². The van der Waals surface area contributed by atoms with Crippen molar-refractivity contribution in [2.24, 2.45) is 0 Å². The molecule has 0 saturated carbocycles. The second-order valence-corrected chi connectivity index (χ2v) is 7.31. The Morgan fingerprint density at radius 2 is 1.72 bits per heavy atom. The van der Waals surface area contributed by atoms with Crippen molar-refractivity contribution < 1.29 is 9.21 Å². The molecule has 0 aliphatic heterocycles. The van der Waals surface area contributed by atoms with Crippen LogP contribution in [0.15, 0.2) is 92.9 Å². The zero-order valence-corrected chi connectivity index (χ0v) is 17.0. The number of aryl methyl sites for hydroxylation is 1. The number of aromatic nitrogens is 2. The Morgan fingerprint density at radius 3 is 2.59 bits per heavy atom. The third kappa shape index (κ3) is 3.35. The van der Waals surface area contributed by atoms with Crippen molar-refractivity contribution in [2.45, 2.75) is 6.92 Å². The summed E-state index contributed by atoms with van der Waals surface area (Å²) in [6.07, 6.45) is 0. The first kappa shape index (κ1) is 19.4. The van der Waals surface area contributed by atoms with Crippen molar-refractivity contribution >= 4 is 33.5 Å². The predicted octanol–water partition coefficient (Wildman–Crippen LogP) is 4.05. The second-order valence-electron chi connectivity index (χ2n) is 7.31. The molecule has 5 rings (SSSR count). The van der Waals surface area contributed by atoms with Gasteiger partial charge in [0.2, 0.25) is 0 Å². The van der Waals surface area contributed by atoms with Gasteiger partial charge in [0.1, 0.15) is 17.0 Å². The molecular formula is C25H17N3O4. The molecule has 7 heteroatoms. The number of carbonyl (C=O) groups is 1. The van der Waals surface area contributed by atoms with Gasteiger partial charge in [0.25, 0.3) is 11.5 Å². The largest absolute Gasteiger partial charge is 0.422 e. The number of nitrogens with zero attached hydrogens (tertiary/aromatic N) is 2. The van der Waals surface area contributed by atoms with E-state index in [4.69, 9.17) is 4.42 Å². The van der Waals surface area contributed by atoms with E-state index in [1.165, 1.54) is 10.6 Å². The number of anilines is 1. The number of para-hydroxylation sites is 2. The maximum Gasteiger partial charge on any atom is 0.349 e. The monoisotopic (exact) mass is 423 g/mol. The first-order valence-electron chi connectivity index (χ1n) is 9.94. The lowest BCUT2D eigenvalue weighted by molar-refractivity contribution is 0.102. The number of hydrogen-bond acceptors (Lipinski definition) is 5. The zero-order chi connectivity index (χ0) is 22.2. The highest BCUT2D eigenvalue weighted by atomic mass is 16.4. The summed E-state index contributed by atoms with van der Waals surface area (Å²) in [6.45, 7) is 1.75. The maximum absolute atomic E-state index is 13.1. The Labute approximate surface area is 181 Å². The van der Waals surface area contributed by atoms with Gasteiger partial charge < -0.3 is 9.73 Å². The Morgan fingerprint density at radius 1 is 0.938 bits per heavy atom. The van der Waals surface area contributed by atoms with Crippen LogP contribution in [0.25, 0.3) is 27.6 Å². The number of hydrogen-bond donors (Lipinski definition) is 1. The van der Waals surface area contributed by atoms with Crippen LogP contribution in [-0.2, 0) is 0 Å². The third-order valence-corrected chi connectivity index (χ3v) is 5.19. The van der Waals surface area contributed by atoms with Crippen LogP contribution in [0.5, 0.6) is 0 Å². The SMILES string of the molecule is Cc1nc2ccccc2c(=O)n1-c1cccc(NC(=O)c2cc3ccccc3oc2=O)c1. The molecule has 0 aliphatic rings. The summed E-state index contributed by atoms with van der Waals surface area (Å²) in [5.74, 6) is -0.0743. The van der Waals surface area contributed by atoms with Gasteiger partial charge in [-0.25, -0.2) is 9.78 Å². The number of rotatable bonds is 3. The van der Waals surface area contributed by atoms with Crippen molar-refractivity contribution in [2.75, 3.05) is 5.32 Å². The van der Waals surface area contributed by atoms with Gasteiger partial charge in [-0.2, -0.15) is 0 Å². The van der Waals surface area contributed by atoms with Gasteiger partial charge in [-0.05, 0) is 49.4 Å². The average molecular weight is 423 g/mol. The summed E-state index contributed by atoms with van der Waals surface area (Å²) in [5.41, 5.74) is 0.992. The molecule has 156 valence electrons. The number of amides is 1.